The molecule has 18 heavy (non-hydrogen) atoms. The summed E-state index contributed by atoms with van der Waals surface area (Å²) in [7, 11) is 0. The molecule has 3 nitrogen and oxygen atoms in total. The Morgan fingerprint density at radius 1 is 1.33 bits per heavy atom. The molecule has 0 radical (unpaired) electrons. The summed E-state index contributed by atoms with van der Waals surface area (Å²) in [6, 6.07) is 8.04. The molecule has 0 aliphatic carbocycles. The lowest BCUT2D eigenvalue weighted by Crippen LogP contribution is -2.54. The Hall–Kier alpha value is -1.10. The first-order valence-corrected chi connectivity index (χ1v) is 6.69. The van der Waals surface area contributed by atoms with Gasteiger partial charge in [0.1, 0.15) is 0 Å². The number of aliphatic hydroxyl groups is 1. The zero-order valence-electron chi connectivity index (χ0n) is 10.3. The van der Waals surface area contributed by atoms with E-state index in [2.05, 4.69) is 21.2 Å². The number of hydrogen-bond donors (Lipinski definition) is 2. The first-order valence-electron chi connectivity index (χ1n) is 5.90. The van der Waals surface area contributed by atoms with Gasteiger partial charge in [-0.05, 0) is 30.7 Å². The number of hydrogen-bond acceptors (Lipinski definition) is 3. The van der Waals surface area contributed by atoms with Crippen LogP contribution >= 0.6 is 15.9 Å². The minimum atomic E-state index is -1.05. The van der Waals surface area contributed by atoms with Crippen LogP contribution in [-0.2, 0) is 6.54 Å². The smallest absolute Gasteiger partial charge is 0.192 e. The van der Waals surface area contributed by atoms with E-state index in [1.54, 1.807) is 6.92 Å². The molecule has 2 N–H and O–H groups in total. The first kappa shape index (κ1) is 13.3. The molecule has 4 heteroatoms. The molecule has 0 amide bonds. The molecule has 0 spiro atoms. The molecule has 1 heterocycles. The molecule has 0 saturated heterocycles. The van der Waals surface area contributed by atoms with E-state index in [1.807, 2.05) is 53.6 Å². The maximum absolute atomic E-state index is 10.4. The highest BCUT2D eigenvalue weighted by Gasteiger charge is 2.25. The van der Waals surface area contributed by atoms with Gasteiger partial charge in [-0.25, -0.2) is 0 Å². The summed E-state index contributed by atoms with van der Waals surface area (Å²) in [6.07, 6.45) is 7.78. The number of halogens is 1. The Labute approximate surface area is 116 Å². The summed E-state index contributed by atoms with van der Waals surface area (Å²) in [4.78, 5) is 1.85. The Morgan fingerprint density at radius 2 is 2.06 bits per heavy atom. The Bertz CT molecular complexity index is 451. The third-order valence-corrected chi connectivity index (χ3v) is 3.44. The first-order chi connectivity index (χ1) is 8.58. The summed E-state index contributed by atoms with van der Waals surface area (Å²) in [5.74, 6) is -1.05. The van der Waals surface area contributed by atoms with Crippen molar-refractivity contribution in [3.63, 3.8) is 0 Å². The molecule has 1 aliphatic rings. The summed E-state index contributed by atoms with van der Waals surface area (Å²) >= 11 is 3.40. The van der Waals surface area contributed by atoms with E-state index in [-0.39, 0.29) is 0 Å². The topological polar surface area (TPSA) is 35.5 Å². The predicted molar refractivity (Wildman–Crippen MR) is 76.6 cm³/mol. The van der Waals surface area contributed by atoms with Crippen molar-refractivity contribution in [3.05, 3.63) is 58.7 Å². The monoisotopic (exact) mass is 308 g/mol. The standard InChI is InChI=1S/C14H17BrN2O/c1-14(18,17-9-3-2-4-10-17)16-11-12-5-7-13(15)8-6-12/h2-9,16,18H,10-11H2,1H3. The second-order valence-electron chi connectivity index (χ2n) is 4.42. The number of nitrogens with one attached hydrogen (secondary N) is 1. The SMILES string of the molecule is CC(O)(NCc1ccc(Br)cc1)N1C=CC=CC1. The number of allylic oxidation sites excluding steroid dienone is 2. The third-order valence-electron chi connectivity index (χ3n) is 2.92. The van der Waals surface area contributed by atoms with Gasteiger partial charge in [-0.2, -0.15) is 0 Å². The molecule has 0 fully saturated rings. The van der Waals surface area contributed by atoms with Crippen molar-refractivity contribution in [3.8, 4) is 0 Å². The van der Waals surface area contributed by atoms with Crippen LogP contribution in [0.1, 0.15) is 12.5 Å². The molecule has 96 valence electrons. The van der Waals surface area contributed by atoms with Crippen molar-refractivity contribution in [1.82, 2.24) is 10.2 Å². The van der Waals surface area contributed by atoms with Gasteiger partial charge in [0.2, 0.25) is 0 Å². The highest BCUT2D eigenvalue weighted by atomic mass is 79.9. The van der Waals surface area contributed by atoms with Crippen LogP contribution in [-0.4, -0.2) is 22.4 Å². The summed E-state index contributed by atoms with van der Waals surface area (Å²) in [5, 5.41) is 13.5. The largest absolute Gasteiger partial charge is 0.359 e. The second-order valence-corrected chi connectivity index (χ2v) is 5.34. The molecule has 0 bridgehead atoms. The van der Waals surface area contributed by atoms with Crippen LogP contribution in [0.15, 0.2) is 53.2 Å². The molecular weight excluding hydrogens is 292 g/mol. The summed E-state index contributed by atoms with van der Waals surface area (Å²) < 4.78 is 1.06. The molecule has 1 atom stereocenters. The van der Waals surface area contributed by atoms with Crippen LogP contribution < -0.4 is 5.32 Å². The molecule has 1 aromatic rings. The maximum atomic E-state index is 10.4. The normalized spacial score (nSPS) is 17.8. The van der Waals surface area contributed by atoms with Crippen molar-refractivity contribution in [1.29, 1.82) is 0 Å². The molecule has 1 aliphatic heterocycles. The lowest BCUT2D eigenvalue weighted by atomic mass is 10.2. The van der Waals surface area contributed by atoms with E-state index in [4.69, 9.17) is 0 Å². The predicted octanol–water partition coefficient (Wildman–Crippen LogP) is 2.59. The third kappa shape index (κ3) is 3.45. The lowest BCUT2D eigenvalue weighted by molar-refractivity contribution is -0.0918. The second kappa shape index (κ2) is 5.69. The molecule has 1 unspecified atom stereocenters. The van der Waals surface area contributed by atoms with E-state index in [0.717, 1.165) is 10.0 Å². The van der Waals surface area contributed by atoms with Gasteiger partial charge in [-0.3, -0.25) is 5.32 Å². The van der Waals surface area contributed by atoms with Crippen LogP contribution in [0.3, 0.4) is 0 Å². The number of rotatable bonds is 4. The van der Waals surface area contributed by atoms with Crippen molar-refractivity contribution in [2.45, 2.75) is 19.3 Å². The van der Waals surface area contributed by atoms with Crippen LogP contribution in [0.5, 0.6) is 0 Å². The van der Waals surface area contributed by atoms with E-state index in [0.29, 0.717) is 13.1 Å². The minimum Gasteiger partial charge on any atom is -0.359 e. The van der Waals surface area contributed by atoms with Gasteiger partial charge in [0.15, 0.2) is 5.85 Å². The van der Waals surface area contributed by atoms with Gasteiger partial charge >= 0.3 is 0 Å². The Kier molecular flexibility index (Phi) is 4.22. The van der Waals surface area contributed by atoms with Gasteiger partial charge in [0.25, 0.3) is 0 Å². The Morgan fingerprint density at radius 3 is 2.67 bits per heavy atom. The summed E-state index contributed by atoms with van der Waals surface area (Å²) in [5.41, 5.74) is 1.13. The highest BCUT2D eigenvalue weighted by molar-refractivity contribution is 9.10. The fourth-order valence-electron chi connectivity index (χ4n) is 1.76. The lowest BCUT2D eigenvalue weighted by Gasteiger charge is -2.37. The summed E-state index contributed by atoms with van der Waals surface area (Å²) in [6.45, 7) is 3.08. The van der Waals surface area contributed by atoms with E-state index < -0.39 is 5.85 Å². The van der Waals surface area contributed by atoms with Crippen LogP contribution in [0.25, 0.3) is 0 Å². The zero-order chi connectivity index (χ0) is 13.0. The van der Waals surface area contributed by atoms with Crippen LogP contribution in [0, 0.1) is 0 Å². The zero-order valence-corrected chi connectivity index (χ0v) is 11.9. The van der Waals surface area contributed by atoms with Crippen LogP contribution in [0.2, 0.25) is 0 Å². The number of nitrogens with zero attached hydrogens (tertiary/aromatic N) is 1. The maximum Gasteiger partial charge on any atom is 0.192 e. The molecule has 0 aromatic heterocycles. The quantitative estimate of drug-likeness (QED) is 0.839. The minimum absolute atomic E-state index is 0.619. The van der Waals surface area contributed by atoms with E-state index >= 15 is 0 Å². The van der Waals surface area contributed by atoms with Gasteiger partial charge < -0.3 is 10.0 Å². The average molecular weight is 309 g/mol. The molecule has 2 rings (SSSR count). The van der Waals surface area contributed by atoms with Crippen molar-refractivity contribution in [2.24, 2.45) is 0 Å². The van der Waals surface area contributed by atoms with Crippen LogP contribution in [0.4, 0.5) is 0 Å². The van der Waals surface area contributed by atoms with Crippen molar-refractivity contribution in [2.75, 3.05) is 6.54 Å². The molecule has 1 aromatic carbocycles. The fraction of sp³-hybridized carbons (Fsp3) is 0.286. The van der Waals surface area contributed by atoms with E-state index in [9.17, 15) is 5.11 Å². The van der Waals surface area contributed by atoms with E-state index in [1.165, 1.54) is 0 Å². The number of benzene rings is 1. The fourth-order valence-corrected chi connectivity index (χ4v) is 2.03. The Balaban J connectivity index is 1.94. The van der Waals surface area contributed by atoms with Crippen molar-refractivity contribution < 1.29 is 5.11 Å². The van der Waals surface area contributed by atoms with Gasteiger partial charge in [0, 0.05) is 23.8 Å². The van der Waals surface area contributed by atoms with Crippen molar-refractivity contribution >= 4 is 15.9 Å². The molecular formula is C14H17BrN2O. The molecule has 0 saturated carbocycles. The highest BCUT2D eigenvalue weighted by Crippen LogP contribution is 2.14. The van der Waals surface area contributed by atoms with Gasteiger partial charge in [-0.15, -0.1) is 0 Å². The average Bonchev–Trinajstić information content (AvgIpc) is 2.39. The van der Waals surface area contributed by atoms with Gasteiger partial charge in [0.05, 0.1) is 0 Å². The van der Waals surface area contributed by atoms with Gasteiger partial charge in [-0.1, -0.05) is 40.2 Å².